The van der Waals surface area contributed by atoms with E-state index in [9.17, 15) is 28.8 Å². The third-order valence-electron chi connectivity index (χ3n) is 13.1. The molecule has 0 saturated heterocycles. The Morgan fingerprint density at radius 2 is 1.32 bits per heavy atom. The van der Waals surface area contributed by atoms with Gasteiger partial charge in [0.25, 0.3) is 0 Å². The first-order chi connectivity index (χ1) is 32.5. The minimum Gasteiger partial charge on any atom is -0.361 e. The topological polar surface area (TPSA) is 239 Å². The third kappa shape index (κ3) is 13.6. The van der Waals surface area contributed by atoms with Crippen LogP contribution < -0.4 is 22.1 Å². The van der Waals surface area contributed by atoms with Crippen LogP contribution in [0.3, 0.4) is 0 Å². The molecule has 0 bridgehead atoms. The van der Waals surface area contributed by atoms with Crippen LogP contribution in [0.4, 0.5) is 0 Å². The summed E-state index contributed by atoms with van der Waals surface area (Å²) in [5.41, 5.74) is 17.3. The lowest BCUT2D eigenvalue weighted by Gasteiger charge is -2.27. The maximum Gasteiger partial charge on any atom is 0.224 e. The number of carbonyl (C=O) groups excluding carboxylic acids is 6. The van der Waals surface area contributed by atoms with Crippen molar-refractivity contribution >= 4 is 56.8 Å². The minimum atomic E-state index is -1.04. The lowest BCUT2D eigenvalue weighted by molar-refractivity contribution is -0.136. The highest BCUT2D eigenvalue weighted by atomic mass is 16.2. The van der Waals surface area contributed by atoms with Gasteiger partial charge in [-0.15, -0.1) is 0 Å². The molecule has 3 aromatic carbocycles. The van der Waals surface area contributed by atoms with Gasteiger partial charge >= 0.3 is 0 Å². The first kappa shape index (κ1) is 50.9. The Morgan fingerprint density at radius 1 is 0.691 bits per heavy atom. The molecule has 360 valence electrons. The van der Waals surface area contributed by atoms with Gasteiger partial charge in [0, 0.05) is 94.4 Å². The number of H-pyrrole nitrogens is 3. The van der Waals surface area contributed by atoms with E-state index in [2.05, 4.69) is 30.6 Å². The summed E-state index contributed by atoms with van der Waals surface area (Å²) in [7, 11) is 0. The number of hydrogen-bond acceptors (Lipinski definition) is 9. The second-order valence-corrected chi connectivity index (χ2v) is 19.4. The molecular weight excluding hydrogens is 857 g/mol. The number of aryl methyl sites for hydroxylation is 1. The van der Waals surface area contributed by atoms with Gasteiger partial charge in [0.05, 0.1) is 24.5 Å². The summed E-state index contributed by atoms with van der Waals surface area (Å²) in [6, 6.07) is 21.9. The molecule has 14 nitrogen and oxygen atoms in total. The Bertz CT molecular complexity index is 2660. The number of Topliss-reactive ketones (excluding diaryl/α,β-unsaturated/α-hetero) is 4. The van der Waals surface area contributed by atoms with E-state index in [0.717, 1.165) is 50.6 Å². The first-order valence-corrected chi connectivity index (χ1v) is 23.8. The molecule has 14 heteroatoms. The van der Waals surface area contributed by atoms with Crippen molar-refractivity contribution in [1.82, 2.24) is 30.6 Å². The fraction of sp³-hybridized carbons (Fsp3) is 0.426. The lowest BCUT2D eigenvalue weighted by atomic mass is 9.78. The van der Waals surface area contributed by atoms with Gasteiger partial charge in [-0.2, -0.15) is 0 Å². The molecule has 0 aliphatic heterocycles. The molecule has 6 aromatic rings. The van der Waals surface area contributed by atoms with E-state index < -0.39 is 58.9 Å². The van der Waals surface area contributed by atoms with Crippen LogP contribution >= 0.6 is 0 Å². The molecular formula is C54H68N8O6. The zero-order valence-electron chi connectivity index (χ0n) is 40.0. The van der Waals surface area contributed by atoms with Gasteiger partial charge in [0.15, 0.2) is 17.3 Å². The van der Waals surface area contributed by atoms with E-state index in [1.807, 2.05) is 113 Å². The molecule has 68 heavy (non-hydrogen) atoms. The maximum absolute atomic E-state index is 14.8. The fourth-order valence-electron chi connectivity index (χ4n) is 9.14. The van der Waals surface area contributed by atoms with E-state index in [4.69, 9.17) is 11.5 Å². The standard InChI is InChI=1S/C54H68N8O6/c1-33-43(42-19-10-12-21-46(42)60-33)25-38(28-49(64)44(56)29-40-31-57-32-59-40)52(67)61-34(2)48(63)27-37(24-39-30-58-45-20-11-9-18-41(39)45)53(68)62-47(23-35-15-7-6-8-16-35)50(65)26-36(17-13-14-22-55)51(66)54(3,4)5/h6-12,15-16,18-21,30-32,34,36-38,44,47,58,60H,13-14,17,22-29,55-56H2,1-5H3,(H,57,59)(H,61,67)(H,62,68)/t34-,36+,37+,38-,44-,47+/m0/s1. The van der Waals surface area contributed by atoms with Crippen LogP contribution in [0.1, 0.15) is 94.3 Å². The highest BCUT2D eigenvalue weighted by molar-refractivity contribution is 5.98. The van der Waals surface area contributed by atoms with Crippen LogP contribution in [-0.2, 0) is 54.5 Å². The highest BCUT2D eigenvalue weighted by Gasteiger charge is 2.36. The Hall–Kier alpha value is -6.51. The van der Waals surface area contributed by atoms with E-state index in [-0.39, 0.29) is 62.3 Å². The first-order valence-electron chi connectivity index (χ1n) is 23.8. The predicted molar refractivity (Wildman–Crippen MR) is 265 cm³/mol. The highest BCUT2D eigenvalue weighted by Crippen LogP contribution is 2.29. The molecule has 0 aliphatic rings. The summed E-state index contributed by atoms with van der Waals surface area (Å²) in [5, 5.41) is 7.76. The molecule has 0 saturated carbocycles. The fourth-order valence-corrected chi connectivity index (χ4v) is 9.14. The number of nitrogens with one attached hydrogen (secondary N) is 5. The van der Waals surface area contributed by atoms with Gasteiger partial charge in [0.2, 0.25) is 11.8 Å². The van der Waals surface area contributed by atoms with Gasteiger partial charge < -0.3 is 37.1 Å². The molecule has 3 aromatic heterocycles. The molecule has 2 amide bonds. The smallest absolute Gasteiger partial charge is 0.224 e. The maximum atomic E-state index is 14.8. The zero-order chi connectivity index (χ0) is 49.0. The number of fused-ring (bicyclic) bond motifs is 2. The Labute approximate surface area is 398 Å². The van der Waals surface area contributed by atoms with Crippen molar-refractivity contribution in [3.63, 3.8) is 0 Å². The largest absolute Gasteiger partial charge is 0.361 e. The number of amides is 2. The van der Waals surface area contributed by atoms with Crippen LogP contribution in [-0.4, -0.2) is 79.6 Å². The number of aromatic nitrogens is 4. The molecule has 9 N–H and O–H groups in total. The average molecular weight is 925 g/mol. The Kier molecular flexibility index (Phi) is 17.6. The average Bonchev–Trinajstić information content (AvgIpc) is 4.06. The normalized spacial score (nSPS) is 14.5. The summed E-state index contributed by atoms with van der Waals surface area (Å²) in [5.74, 6) is -4.36. The summed E-state index contributed by atoms with van der Waals surface area (Å²) in [4.78, 5) is 99.0. The van der Waals surface area contributed by atoms with Gasteiger partial charge in [-0.05, 0) is 81.3 Å². The number of unbranched alkanes of at least 4 members (excludes halogenated alkanes) is 1. The number of hydrogen-bond donors (Lipinski definition) is 7. The number of ketones is 4. The van der Waals surface area contributed by atoms with Crippen molar-refractivity contribution < 1.29 is 28.8 Å². The van der Waals surface area contributed by atoms with E-state index in [1.165, 1.54) is 6.33 Å². The van der Waals surface area contributed by atoms with E-state index >= 15 is 0 Å². The Morgan fingerprint density at radius 3 is 2.01 bits per heavy atom. The van der Waals surface area contributed by atoms with Gasteiger partial charge in [-0.25, -0.2) is 4.98 Å². The van der Waals surface area contributed by atoms with Crippen LogP contribution in [0.5, 0.6) is 0 Å². The minimum absolute atomic E-state index is 0.0216. The summed E-state index contributed by atoms with van der Waals surface area (Å²) in [6.07, 6.45) is 7.14. The molecule has 0 spiro atoms. The van der Waals surface area contributed by atoms with Crippen molar-refractivity contribution in [2.24, 2.45) is 34.6 Å². The number of aromatic amines is 3. The quantitative estimate of drug-likeness (QED) is 0.0285. The molecule has 0 radical (unpaired) electrons. The van der Waals surface area contributed by atoms with Crippen LogP contribution in [0.15, 0.2) is 97.6 Å². The number of nitrogens with two attached hydrogens (primary N) is 2. The molecule has 0 aliphatic carbocycles. The number of imidazole rings is 1. The van der Waals surface area contributed by atoms with Crippen LogP contribution in [0.2, 0.25) is 0 Å². The van der Waals surface area contributed by atoms with Crippen molar-refractivity contribution in [2.45, 2.75) is 117 Å². The number of benzene rings is 3. The molecule has 3 heterocycles. The molecule has 6 atom stereocenters. The molecule has 0 fully saturated rings. The van der Waals surface area contributed by atoms with Gasteiger partial charge in [-0.3, -0.25) is 28.8 Å². The lowest BCUT2D eigenvalue weighted by Crippen LogP contribution is -2.48. The van der Waals surface area contributed by atoms with Gasteiger partial charge in [-0.1, -0.05) is 93.9 Å². The number of nitrogens with zero attached hydrogens (tertiary/aromatic N) is 1. The SMILES string of the molecule is Cc1[nH]c2ccccc2c1C[C@@H](CC(=O)[C@@H](N)Cc1cnc[nH]1)C(=O)N[C@@H](C)C(=O)C[C@@H](Cc1c[nH]c2ccccc12)C(=O)N[C@H](Cc1ccccc1)C(=O)C[C@@H](CCCCN)C(=O)C(C)(C)C. The second-order valence-electron chi connectivity index (χ2n) is 19.4. The van der Waals surface area contributed by atoms with Crippen molar-refractivity contribution in [3.8, 4) is 0 Å². The zero-order valence-corrected chi connectivity index (χ0v) is 40.0. The summed E-state index contributed by atoms with van der Waals surface area (Å²) < 4.78 is 0. The second kappa shape index (κ2) is 23.5. The van der Waals surface area contributed by atoms with E-state index in [0.29, 0.717) is 25.1 Å². The monoisotopic (exact) mass is 925 g/mol. The van der Waals surface area contributed by atoms with Crippen molar-refractivity contribution in [2.75, 3.05) is 6.54 Å². The number of rotatable bonds is 26. The third-order valence-corrected chi connectivity index (χ3v) is 13.1. The predicted octanol–water partition coefficient (Wildman–Crippen LogP) is 6.74. The summed E-state index contributed by atoms with van der Waals surface area (Å²) in [6.45, 7) is 9.52. The van der Waals surface area contributed by atoms with E-state index in [1.54, 1.807) is 13.1 Å². The van der Waals surface area contributed by atoms with Crippen molar-refractivity contribution in [1.29, 1.82) is 0 Å². The summed E-state index contributed by atoms with van der Waals surface area (Å²) >= 11 is 0. The number of para-hydroxylation sites is 2. The van der Waals surface area contributed by atoms with Crippen molar-refractivity contribution in [3.05, 3.63) is 126 Å². The van der Waals surface area contributed by atoms with Crippen LogP contribution in [0, 0.1) is 30.1 Å². The molecule has 6 rings (SSSR count). The molecule has 0 unspecified atom stereocenters. The Balaban J connectivity index is 1.24. The van der Waals surface area contributed by atoms with Crippen LogP contribution in [0.25, 0.3) is 21.8 Å². The van der Waals surface area contributed by atoms with Gasteiger partial charge in [0.1, 0.15) is 5.78 Å². The number of carbonyl (C=O) groups is 6.